The summed E-state index contributed by atoms with van der Waals surface area (Å²) in [5, 5.41) is 0. The summed E-state index contributed by atoms with van der Waals surface area (Å²) < 4.78 is 0. The molecule has 4 nitrogen and oxygen atoms in total. The second kappa shape index (κ2) is 10.8. The Morgan fingerprint density at radius 2 is 1.33 bits per heavy atom. The zero-order chi connectivity index (χ0) is 23.3. The fourth-order valence-electron chi connectivity index (χ4n) is 5.43. The molecule has 4 heteroatoms. The highest BCUT2D eigenvalue weighted by molar-refractivity contribution is 5.78. The monoisotopic (exact) mass is 447 g/mol. The molecule has 4 rings (SSSR count). The van der Waals surface area contributed by atoms with Gasteiger partial charge in [-0.05, 0) is 50.7 Å². The lowest BCUT2D eigenvalue weighted by molar-refractivity contribution is -0.132. The van der Waals surface area contributed by atoms with E-state index in [2.05, 4.69) is 84.0 Å². The lowest BCUT2D eigenvalue weighted by Crippen LogP contribution is -2.54. The summed E-state index contributed by atoms with van der Waals surface area (Å²) in [4.78, 5) is 20.7. The van der Waals surface area contributed by atoms with Gasteiger partial charge < -0.3 is 9.80 Å². The summed E-state index contributed by atoms with van der Waals surface area (Å²) in [7, 11) is 0. The largest absolute Gasteiger partial charge is 0.343 e. The minimum absolute atomic E-state index is 0.122. The second-order valence-corrected chi connectivity index (χ2v) is 10.9. The Bertz CT molecular complexity index is 821. The van der Waals surface area contributed by atoms with Gasteiger partial charge in [-0.2, -0.15) is 0 Å². The highest BCUT2D eigenvalue weighted by Gasteiger charge is 2.29. The number of amides is 1. The van der Waals surface area contributed by atoms with E-state index in [1.165, 1.54) is 43.9 Å². The molecule has 2 heterocycles. The average molecular weight is 448 g/mol. The van der Waals surface area contributed by atoms with E-state index in [0.29, 0.717) is 18.2 Å². The summed E-state index contributed by atoms with van der Waals surface area (Å²) in [5.74, 6) is 1.14. The van der Waals surface area contributed by atoms with Crippen molar-refractivity contribution in [1.82, 2.24) is 14.7 Å². The third kappa shape index (κ3) is 6.45. The number of benzene rings is 2. The number of hydrogen-bond acceptors (Lipinski definition) is 3. The quantitative estimate of drug-likeness (QED) is 0.633. The predicted molar refractivity (Wildman–Crippen MR) is 136 cm³/mol. The van der Waals surface area contributed by atoms with Crippen molar-refractivity contribution in [3.63, 3.8) is 0 Å². The molecule has 0 aliphatic carbocycles. The smallest absolute Gasteiger partial charge is 0.223 e. The molecular formula is C29H41N3O. The fourth-order valence-corrected chi connectivity index (χ4v) is 5.43. The number of piperidine rings is 1. The van der Waals surface area contributed by atoms with Gasteiger partial charge >= 0.3 is 0 Å². The Kier molecular flexibility index (Phi) is 7.87. The molecule has 2 saturated heterocycles. The maximum atomic E-state index is 13.3. The maximum absolute atomic E-state index is 13.3. The molecule has 33 heavy (non-hydrogen) atoms. The molecule has 0 spiro atoms. The van der Waals surface area contributed by atoms with E-state index in [1.54, 1.807) is 0 Å². The highest BCUT2D eigenvalue weighted by atomic mass is 16.2. The predicted octanol–water partition coefficient (Wildman–Crippen LogP) is 4.86. The van der Waals surface area contributed by atoms with Gasteiger partial charge in [0.25, 0.3) is 0 Å². The molecule has 0 atom stereocenters. The van der Waals surface area contributed by atoms with Crippen LogP contribution in [0, 0.1) is 5.92 Å². The van der Waals surface area contributed by atoms with Gasteiger partial charge in [-0.3, -0.25) is 9.69 Å². The lowest BCUT2D eigenvalue weighted by atomic mass is 9.87. The summed E-state index contributed by atoms with van der Waals surface area (Å²) in [5.41, 5.74) is 2.72. The van der Waals surface area contributed by atoms with E-state index in [4.69, 9.17) is 0 Å². The average Bonchev–Trinajstić information content (AvgIpc) is 2.84. The lowest BCUT2D eigenvalue weighted by Gasteiger charge is -2.43. The summed E-state index contributed by atoms with van der Waals surface area (Å²) in [6.07, 6.45) is 2.81. The van der Waals surface area contributed by atoms with Crippen LogP contribution in [0.4, 0.5) is 0 Å². The van der Waals surface area contributed by atoms with Gasteiger partial charge in [0.1, 0.15) is 0 Å². The highest BCUT2D eigenvalue weighted by Crippen LogP contribution is 2.30. The van der Waals surface area contributed by atoms with Gasteiger partial charge in [-0.25, -0.2) is 0 Å². The van der Waals surface area contributed by atoms with Crippen molar-refractivity contribution < 1.29 is 4.79 Å². The molecule has 0 N–H and O–H groups in total. The molecule has 0 radical (unpaired) electrons. The van der Waals surface area contributed by atoms with Crippen molar-refractivity contribution in [1.29, 1.82) is 0 Å². The zero-order valence-electron chi connectivity index (χ0n) is 20.7. The topological polar surface area (TPSA) is 26.8 Å². The first-order chi connectivity index (χ1) is 15.9. The van der Waals surface area contributed by atoms with Crippen LogP contribution >= 0.6 is 0 Å². The molecule has 0 bridgehead atoms. The molecule has 2 aliphatic rings. The summed E-state index contributed by atoms with van der Waals surface area (Å²) in [6, 6.07) is 21.0. The van der Waals surface area contributed by atoms with Gasteiger partial charge in [0.2, 0.25) is 5.91 Å². The van der Waals surface area contributed by atoms with Crippen LogP contribution in [0.2, 0.25) is 0 Å². The first-order valence-electron chi connectivity index (χ1n) is 12.8. The Morgan fingerprint density at radius 3 is 1.82 bits per heavy atom. The van der Waals surface area contributed by atoms with Gasteiger partial charge in [0, 0.05) is 63.7 Å². The molecule has 178 valence electrons. The number of likely N-dealkylation sites (tertiary alicyclic amines) is 1. The number of hydrogen-bond donors (Lipinski definition) is 0. The molecule has 2 aromatic carbocycles. The second-order valence-electron chi connectivity index (χ2n) is 10.9. The number of carbonyl (C=O) groups excluding carboxylic acids is 1. The Morgan fingerprint density at radius 1 is 0.818 bits per heavy atom. The maximum Gasteiger partial charge on any atom is 0.223 e. The van der Waals surface area contributed by atoms with Crippen LogP contribution in [-0.4, -0.2) is 72.0 Å². The third-order valence-electron chi connectivity index (χ3n) is 7.59. The third-order valence-corrected chi connectivity index (χ3v) is 7.59. The van der Waals surface area contributed by atoms with E-state index in [1.807, 2.05) is 12.1 Å². The van der Waals surface area contributed by atoms with Crippen molar-refractivity contribution in [3.8, 4) is 0 Å². The Labute approximate surface area is 200 Å². The van der Waals surface area contributed by atoms with Crippen molar-refractivity contribution in [3.05, 3.63) is 71.8 Å². The molecule has 1 amide bonds. The van der Waals surface area contributed by atoms with Crippen LogP contribution in [0.1, 0.15) is 57.1 Å². The number of piperazine rings is 1. The van der Waals surface area contributed by atoms with Crippen LogP contribution in [0.15, 0.2) is 60.7 Å². The Hall–Kier alpha value is -2.17. The van der Waals surface area contributed by atoms with Crippen LogP contribution in [0.3, 0.4) is 0 Å². The van der Waals surface area contributed by atoms with Crippen LogP contribution in [0.25, 0.3) is 0 Å². The minimum Gasteiger partial charge on any atom is -0.343 e. The summed E-state index contributed by atoms with van der Waals surface area (Å²) in [6.45, 7) is 14.6. The van der Waals surface area contributed by atoms with Gasteiger partial charge in [-0.1, -0.05) is 60.7 Å². The molecule has 0 unspecified atom stereocenters. The molecule has 2 aromatic rings. The van der Waals surface area contributed by atoms with Crippen LogP contribution in [-0.2, 0) is 4.79 Å². The van der Waals surface area contributed by atoms with Crippen LogP contribution < -0.4 is 0 Å². The number of carbonyl (C=O) groups is 1. The first-order valence-corrected chi connectivity index (χ1v) is 12.8. The zero-order valence-corrected chi connectivity index (χ0v) is 20.7. The molecule has 2 aliphatic heterocycles. The SMILES string of the molecule is CC(C)(C)N1CCN(CC2CCN(C(=O)CC(c3ccccc3)c3ccccc3)CC2)CC1. The van der Waals surface area contributed by atoms with E-state index in [9.17, 15) is 4.79 Å². The molecule has 0 aromatic heterocycles. The van der Waals surface area contributed by atoms with Crippen molar-refractivity contribution in [2.24, 2.45) is 5.92 Å². The molecule has 2 fully saturated rings. The van der Waals surface area contributed by atoms with Gasteiger partial charge in [0.15, 0.2) is 0 Å². The normalized spacial score (nSPS) is 19.2. The van der Waals surface area contributed by atoms with Crippen molar-refractivity contribution in [2.75, 3.05) is 45.8 Å². The molecule has 0 saturated carbocycles. The van der Waals surface area contributed by atoms with Crippen molar-refractivity contribution in [2.45, 2.75) is 51.5 Å². The number of rotatable bonds is 6. The van der Waals surface area contributed by atoms with E-state index in [0.717, 1.165) is 25.9 Å². The van der Waals surface area contributed by atoms with E-state index in [-0.39, 0.29) is 11.5 Å². The minimum atomic E-state index is 0.122. The number of nitrogens with zero attached hydrogens (tertiary/aromatic N) is 3. The standard InChI is InChI=1S/C29H41N3O/c1-29(2,3)32-20-18-30(19-21-32)23-24-14-16-31(17-15-24)28(33)22-27(25-10-6-4-7-11-25)26-12-8-5-9-13-26/h4-13,24,27H,14-23H2,1-3H3. The summed E-state index contributed by atoms with van der Waals surface area (Å²) >= 11 is 0. The van der Waals surface area contributed by atoms with E-state index < -0.39 is 0 Å². The van der Waals surface area contributed by atoms with Gasteiger partial charge in [-0.15, -0.1) is 0 Å². The van der Waals surface area contributed by atoms with E-state index >= 15 is 0 Å². The van der Waals surface area contributed by atoms with Crippen molar-refractivity contribution >= 4 is 5.91 Å². The van der Waals surface area contributed by atoms with Crippen LogP contribution in [0.5, 0.6) is 0 Å². The fraction of sp³-hybridized carbons (Fsp3) is 0.552. The first kappa shape index (κ1) is 24.0. The van der Waals surface area contributed by atoms with Gasteiger partial charge in [0.05, 0.1) is 0 Å². The molecular weight excluding hydrogens is 406 g/mol. The Balaban J connectivity index is 1.28.